The van der Waals surface area contributed by atoms with Crippen LogP contribution in [0.3, 0.4) is 0 Å². The highest BCUT2D eigenvalue weighted by atomic mass is 32.2. The summed E-state index contributed by atoms with van der Waals surface area (Å²) in [7, 11) is -4.07. The first kappa shape index (κ1) is 28.9. The van der Waals surface area contributed by atoms with Gasteiger partial charge >= 0.3 is 0 Å². The maximum Gasteiger partial charge on any atom is 0.264 e. The molecule has 0 heterocycles. The second kappa shape index (κ2) is 13.2. The molecule has 0 fully saturated rings. The average molecular weight is 536 g/mol. The topological polar surface area (TPSA) is 86.8 Å². The van der Waals surface area contributed by atoms with Gasteiger partial charge in [-0.05, 0) is 61.6 Å². The van der Waals surface area contributed by atoms with Crippen molar-refractivity contribution in [1.82, 2.24) is 10.2 Å². The number of amides is 2. The molecule has 8 heteroatoms. The number of para-hydroxylation sites is 1. The van der Waals surface area contributed by atoms with Crippen LogP contribution >= 0.6 is 0 Å². The van der Waals surface area contributed by atoms with Crippen LogP contribution in [-0.4, -0.2) is 44.3 Å². The second-order valence-electron chi connectivity index (χ2n) is 9.07. The molecular weight excluding hydrogens is 498 g/mol. The normalized spacial score (nSPS) is 12.0. The summed E-state index contributed by atoms with van der Waals surface area (Å²) < 4.78 is 29.0. The number of carbonyl (C=O) groups excluding carboxylic acids is 2. The fraction of sp³-hybridized carbons (Fsp3) is 0.333. The smallest absolute Gasteiger partial charge is 0.264 e. The van der Waals surface area contributed by atoms with E-state index in [4.69, 9.17) is 0 Å². The number of likely N-dealkylation sites (N-methyl/N-ethyl adjacent to an activating group) is 1. The molecular formula is C30H37N3O4S. The molecule has 1 atom stereocenters. The van der Waals surface area contributed by atoms with Gasteiger partial charge in [0.15, 0.2) is 0 Å². The van der Waals surface area contributed by atoms with Gasteiger partial charge in [-0.2, -0.15) is 0 Å². The Bertz CT molecular complexity index is 1340. The molecule has 0 radical (unpaired) electrons. The van der Waals surface area contributed by atoms with E-state index in [1.54, 1.807) is 30.3 Å². The van der Waals surface area contributed by atoms with E-state index in [1.807, 2.05) is 64.1 Å². The van der Waals surface area contributed by atoms with Crippen molar-refractivity contribution in [3.8, 4) is 0 Å². The van der Waals surface area contributed by atoms with Gasteiger partial charge in [-0.25, -0.2) is 8.42 Å². The van der Waals surface area contributed by atoms with Crippen LogP contribution in [0.4, 0.5) is 5.69 Å². The fourth-order valence-corrected chi connectivity index (χ4v) is 5.94. The number of nitrogens with one attached hydrogen (secondary N) is 1. The Labute approximate surface area is 226 Å². The zero-order valence-electron chi connectivity index (χ0n) is 22.6. The number of sulfonamides is 1. The van der Waals surface area contributed by atoms with Gasteiger partial charge in [0.05, 0.1) is 10.6 Å². The van der Waals surface area contributed by atoms with Gasteiger partial charge in [0.25, 0.3) is 10.0 Å². The second-order valence-corrected chi connectivity index (χ2v) is 10.9. The van der Waals surface area contributed by atoms with Crippen LogP contribution in [0.1, 0.15) is 43.9 Å². The zero-order valence-corrected chi connectivity index (χ0v) is 23.4. The molecule has 2 amide bonds. The Hall–Kier alpha value is -3.65. The molecule has 0 saturated carbocycles. The fourth-order valence-electron chi connectivity index (χ4n) is 4.47. The average Bonchev–Trinajstić information content (AvgIpc) is 2.93. The van der Waals surface area contributed by atoms with Gasteiger partial charge in [-0.15, -0.1) is 0 Å². The third-order valence-corrected chi connectivity index (χ3v) is 8.36. The number of carbonyl (C=O) groups is 2. The third kappa shape index (κ3) is 6.61. The molecule has 1 N–H and O–H groups in total. The molecule has 0 aromatic heterocycles. The Balaban J connectivity index is 2.10. The van der Waals surface area contributed by atoms with Crippen LogP contribution in [0.25, 0.3) is 0 Å². The number of benzene rings is 3. The molecule has 7 nitrogen and oxygen atoms in total. The maximum absolute atomic E-state index is 14.1. The van der Waals surface area contributed by atoms with Crippen molar-refractivity contribution in [2.24, 2.45) is 0 Å². The molecule has 0 saturated heterocycles. The molecule has 3 aromatic carbocycles. The summed E-state index contributed by atoms with van der Waals surface area (Å²) in [5.41, 5.74) is 3.14. The molecule has 0 aliphatic carbocycles. The Morgan fingerprint density at radius 2 is 1.45 bits per heavy atom. The van der Waals surface area contributed by atoms with Gasteiger partial charge in [0.1, 0.15) is 12.6 Å². The maximum atomic E-state index is 14.1. The van der Waals surface area contributed by atoms with E-state index in [1.165, 1.54) is 21.3 Å². The van der Waals surface area contributed by atoms with Crippen molar-refractivity contribution in [2.45, 2.75) is 58.0 Å². The number of aryl methyl sites for hydroxylation is 2. The lowest BCUT2D eigenvalue weighted by Gasteiger charge is -2.34. The highest BCUT2D eigenvalue weighted by Crippen LogP contribution is 2.28. The summed E-state index contributed by atoms with van der Waals surface area (Å²) in [5, 5.41) is 2.83. The van der Waals surface area contributed by atoms with Gasteiger partial charge in [-0.1, -0.05) is 74.5 Å². The van der Waals surface area contributed by atoms with E-state index in [-0.39, 0.29) is 17.3 Å². The highest BCUT2D eigenvalue weighted by Gasteiger charge is 2.34. The lowest BCUT2D eigenvalue weighted by molar-refractivity contribution is -0.140. The number of hydrogen-bond donors (Lipinski definition) is 1. The van der Waals surface area contributed by atoms with E-state index in [0.717, 1.165) is 16.7 Å². The first-order chi connectivity index (χ1) is 18.2. The summed E-state index contributed by atoms with van der Waals surface area (Å²) in [5.74, 6) is -0.708. The molecule has 0 spiro atoms. The Morgan fingerprint density at radius 3 is 2.05 bits per heavy atom. The number of anilines is 1. The van der Waals surface area contributed by atoms with Crippen LogP contribution in [-0.2, 0) is 32.6 Å². The van der Waals surface area contributed by atoms with Crippen LogP contribution in [0.2, 0.25) is 0 Å². The molecule has 3 rings (SSSR count). The minimum Gasteiger partial charge on any atom is -0.355 e. The molecule has 38 heavy (non-hydrogen) atoms. The first-order valence-electron chi connectivity index (χ1n) is 13.0. The van der Waals surface area contributed by atoms with Crippen molar-refractivity contribution < 1.29 is 18.0 Å². The van der Waals surface area contributed by atoms with Gasteiger partial charge in [-0.3, -0.25) is 13.9 Å². The largest absolute Gasteiger partial charge is 0.355 e. The predicted molar refractivity (Wildman–Crippen MR) is 151 cm³/mol. The SMILES string of the molecule is CCNC(=O)[C@H](CC)N(Cc1ccccc1C)C(=O)CN(c1ccccc1CC)S(=O)(=O)c1ccccc1. The minimum atomic E-state index is -4.07. The first-order valence-corrected chi connectivity index (χ1v) is 14.5. The van der Waals surface area contributed by atoms with E-state index in [2.05, 4.69) is 5.32 Å². The van der Waals surface area contributed by atoms with Crippen LogP contribution in [0.15, 0.2) is 83.8 Å². The van der Waals surface area contributed by atoms with Gasteiger partial charge in [0, 0.05) is 13.1 Å². The molecule has 0 aliphatic rings. The molecule has 202 valence electrons. The predicted octanol–water partition coefficient (Wildman–Crippen LogP) is 4.70. The Kier molecular flexibility index (Phi) is 10.1. The summed E-state index contributed by atoms with van der Waals surface area (Å²) in [6.45, 7) is 7.76. The molecule has 0 unspecified atom stereocenters. The lowest BCUT2D eigenvalue weighted by Crippen LogP contribution is -2.52. The van der Waals surface area contributed by atoms with Crippen molar-refractivity contribution in [2.75, 3.05) is 17.4 Å². The van der Waals surface area contributed by atoms with Crippen molar-refractivity contribution in [3.63, 3.8) is 0 Å². The molecule has 3 aromatic rings. The summed E-state index contributed by atoms with van der Waals surface area (Å²) in [6.07, 6.45) is 0.981. The number of rotatable bonds is 12. The van der Waals surface area contributed by atoms with Crippen LogP contribution in [0.5, 0.6) is 0 Å². The number of hydrogen-bond acceptors (Lipinski definition) is 4. The number of nitrogens with zero attached hydrogens (tertiary/aromatic N) is 2. The molecule has 0 aliphatic heterocycles. The summed E-state index contributed by atoms with van der Waals surface area (Å²) in [6, 6.07) is 22.2. The summed E-state index contributed by atoms with van der Waals surface area (Å²) >= 11 is 0. The lowest BCUT2D eigenvalue weighted by atomic mass is 10.1. The zero-order chi connectivity index (χ0) is 27.7. The van der Waals surface area contributed by atoms with Crippen molar-refractivity contribution >= 4 is 27.5 Å². The van der Waals surface area contributed by atoms with E-state index in [9.17, 15) is 18.0 Å². The highest BCUT2D eigenvalue weighted by molar-refractivity contribution is 7.92. The van der Waals surface area contributed by atoms with Crippen molar-refractivity contribution in [1.29, 1.82) is 0 Å². The summed E-state index contributed by atoms with van der Waals surface area (Å²) in [4.78, 5) is 28.7. The standard InChI is InChI=1S/C30H37N3O4S/c1-5-24-16-13-14-20-28(24)33(38(36,37)26-18-9-8-10-19-26)22-29(34)32(27(6-2)30(35)31-7-3)21-25-17-12-11-15-23(25)4/h8-20,27H,5-7,21-22H2,1-4H3,(H,31,35)/t27-/m0/s1. The quantitative estimate of drug-likeness (QED) is 0.364. The van der Waals surface area contributed by atoms with Gasteiger partial charge < -0.3 is 10.2 Å². The Morgan fingerprint density at radius 1 is 0.842 bits per heavy atom. The van der Waals surface area contributed by atoms with E-state index in [0.29, 0.717) is 25.1 Å². The van der Waals surface area contributed by atoms with Crippen LogP contribution in [0, 0.1) is 6.92 Å². The van der Waals surface area contributed by atoms with Crippen molar-refractivity contribution in [3.05, 3.63) is 95.6 Å². The third-order valence-electron chi connectivity index (χ3n) is 6.59. The van der Waals surface area contributed by atoms with E-state index < -0.39 is 28.5 Å². The van der Waals surface area contributed by atoms with Gasteiger partial charge in [0.2, 0.25) is 11.8 Å². The minimum absolute atomic E-state index is 0.0972. The molecule has 0 bridgehead atoms. The van der Waals surface area contributed by atoms with Crippen LogP contribution < -0.4 is 9.62 Å². The van der Waals surface area contributed by atoms with E-state index >= 15 is 0 Å². The monoisotopic (exact) mass is 535 g/mol.